The number of guanidine groups is 1. The van der Waals surface area contributed by atoms with Crippen LogP contribution >= 0.6 is 0 Å². The maximum Gasteiger partial charge on any atom is 0.191 e. The summed E-state index contributed by atoms with van der Waals surface area (Å²) in [5.41, 5.74) is 1.16. The van der Waals surface area contributed by atoms with Crippen molar-refractivity contribution in [2.75, 3.05) is 33.3 Å². The van der Waals surface area contributed by atoms with Crippen molar-refractivity contribution in [1.82, 2.24) is 15.5 Å². The van der Waals surface area contributed by atoms with Crippen molar-refractivity contribution in [2.45, 2.75) is 52.1 Å². The molecule has 2 N–H and O–H groups in total. The molecule has 1 saturated carbocycles. The second-order valence-electron chi connectivity index (χ2n) is 6.53. The molecule has 0 spiro atoms. The van der Waals surface area contributed by atoms with Crippen molar-refractivity contribution in [2.24, 2.45) is 4.99 Å². The van der Waals surface area contributed by atoms with Crippen LogP contribution < -0.4 is 15.4 Å². The molecule has 0 saturated heterocycles. The topological polar surface area (TPSA) is 48.9 Å². The second kappa shape index (κ2) is 11.0. The van der Waals surface area contributed by atoms with E-state index in [0.717, 1.165) is 36.9 Å². The number of nitrogens with zero attached hydrogens (tertiary/aromatic N) is 2. The molecule has 1 aliphatic carbocycles. The molecule has 1 aromatic rings. The Morgan fingerprint density at radius 3 is 2.60 bits per heavy atom. The van der Waals surface area contributed by atoms with E-state index in [1.807, 2.05) is 19.2 Å². The Hall–Kier alpha value is -1.75. The number of benzene rings is 1. The number of rotatable bonds is 9. The molecule has 140 valence electrons. The summed E-state index contributed by atoms with van der Waals surface area (Å²) in [5, 5.41) is 6.94. The summed E-state index contributed by atoms with van der Waals surface area (Å²) in [6, 6.07) is 8.81. The van der Waals surface area contributed by atoms with Gasteiger partial charge in [-0.05, 0) is 32.0 Å². The number of hydrogen-bond acceptors (Lipinski definition) is 3. The first kappa shape index (κ1) is 19.6. The van der Waals surface area contributed by atoms with Crippen molar-refractivity contribution in [3.63, 3.8) is 0 Å². The van der Waals surface area contributed by atoms with Crippen molar-refractivity contribution in [1.29, 1.82) is 0 Å². The van der Waals surface area contributed by atoms with Gasteiger partial charge in [-0.25, -0.2) is 0 Å². The molecule has 1 fully saturated rings. The number of para-hydroxylation sites is 1. The van der Waals surface area contributed by atoms with Crippen molar-refractivity contribution in [3.05, 3.63) is 29.8 Å². The molecule has 0 atom stereocenters. The third-order valence-corrected chi connectivity index (χ3v) is 4.90. The molecular weight excluding hydrogens is 312 g/mol. The fourth-order valence-corrected chi connectivity index (χ4v) is 3.25. The predicted octanol–water partition coefficient (Wildman–Crippen LogP) is 3.01. The van der Waals surface area contributed by atoms with Gasteiger partial charge in [0.1, 0.15) is 12.4 Å². The van der Waals surface area contributed by atoms with Gasteiger partial charge in [0.15, 0.2) is 5.96 Å². The van der Waals surface area contributed by atoms with Crippen molar-refractivity contribution < 1.29 is 4.74 Å². The summed E-state index contributed by atoms with van der Waals surface area (Å²) in [5.74, 6) is 1.84. The van der Waals surface area contributed by atoms with Gasteiger partial charge < -0.3 is 20.3 Å². The van der Waals surface area contributed by atoms with Gasteiger partial charge in [-0.15, -0.1) is 0 Å². The fraction of sp³-hybridized carbons (Fsp3) is 0.650. The lowest BCUT2D eigenvalue weighted by Gasteiger charge is -2.20. The lowest BCUT2D eigenvalue weighted by molar-refractivity contribution is 0.221. The molecule has 0 bridgehead atoms. The molecule has 0 radical (unpaired) electrons. The fourth-order valence-electron chi connectivity index (χ4n) is 3.25. The summed E-state index contributed by atoms with van der Waals surface area (Å²) < 4.78 is 6.03. The highest BCUT2D eigenvalue weighted by atomic mass is 16.5. The number of hydrogen-bond donors (Lipinski definition) is 2. The molecule has 5 nitrogen and oxygen atoms in total. The monoisotopic (exact) mass is 346 g/mol. The zero-order valence-electron chi connectivity index (χ0n) is 16.1. The Balaban J connectivity index is 1.84. The SMILES string of the molecule is CCN(CC)CCOc1ccccc1CNC(=NC)NC1CCCC1. The van der Waals surface area contributed by atoms with Crippen LogP contribution in [0, 0.1) is 0 Å². The number of likely N-dealkylation sites (N-methyl/N-ethyl adjacent to an activating group) is 1. The molecule has 5 heteroatoms. The number of nitrogens with one attached hydrogen (secondary N) is 2. The third-order valence-electron chi connectivity index (χ3n) is 4.90. The van der Waals surface area contributed by atoms with Crippen LogP contribution in [0.15, 0.2) is 29.3 Å². The standard InChI is InChI=1S/C20H34N4O/c1-4-24(5-2)14-15-25-19-13-9-6-10-17(19)16-22-20(21-3)23-18-11-7-8-12-18/h6,9-10,13,18H,4-5,7-8,11-12,14-16H2,1-3H3,(H2,21,22,23). The average molecular weight is 347 g/mol. The quantitative estimate of drug-likeness (QED) is 0.533. The summed E-state index contributed by atoms with van der Waals surface area (Å²) in [4.78, 5) is 6.72. The Morgan fingerprint density at radius 2 is 1.92 bits per heavy atom. The van der Waals surface area contributed by atoms with Gasteiger partial charge in [-0.1, -0.05) is 44.9 Å². The lowest BCUT2D eigenvalue weighted by Crippen LogP contribution is -2.42. The van der Waals surface area contributed by atoms with Gasteiger partial charge in [-0.2, -0.15) is 0 Å². The minimum absolute atomic E-state index is 0.562. The summed E-state index contributed by atoms with van der Waals surface area (Å²) in [6.45, 7) is 8.88. The van der Waals surface area contributed by atoms with Crippen LogP contribution in [0.2, 0.25) is 0 Å². The Morgan fingerprint density at radius 1 is 1.20 bits per heavy atom. The number of ether oxygens (including phenoxy) is 1. The van der Waals surface area contributed by atoms with E-state index in [-0.39, 0.29) is 0 Å². The van der Waals surface area contributed by atoms with Crippen molar-refractivity contribution >= 4 is 5.96 Å². The van der Waals surface area contributed by atoms with E-state index in [0.29, 0.717) is 19.2 Å². The summed E-state index contributed by atoms with van der Waals surface area (Å²) >= 11 is 0. The normalized spacial score (nSPS) is 15.6. The Kier molecular flexibility index (Phi) is 8.60. The maximum atomic E-state index is 6.03. The lowest BCUT2D eigenvalue weighted by atomic mass is 10.2. The molecule has 25 heavy (non-hydrogen) atoms. The highest BCUT2D eigenvalue weighted by molar-refractivity contribution is 5.80. The van der Waals surface area contributed by atoms with E-state index in [2.05, 4.69) is 46.5 Å². The highest BCUT2D eigenvalue weighted by Crippen LogP contribution is 2.19. The van der Waals surface area contributed by atoms with E-state index < -0.39 is 0 Å². The summed E-state index contributed by atoms with van der Waals surface area (Å²) in [6.07, 6.45) is 5.12. The average Bonchev–Trinajstić information content (AvgIpc) is 3.16. The highest BCUT2D eigenvalue weighted by Gasteiger charge is 2.16. The van der Waals surface area contributed by atoms with E-state index in [4.69, 9.17) is 4.74 Å². The van der Waals surface area contributed by atoms with Gasteiger partial charge >= 0.3 is 0 Å². The van der Waals surface area contributed by atoms with Crippen LogP contribution in [-0.2, 0) is 6.54 Å². The van der Waals surface area contributed by atoms with E-state index >= 15 is 0 Å². The minimum Gasteiger partial charge on any atom is -0.492 e. The molecule has 0 amide bonds. The zero-order chi connectivity index (χ0) is 17.9. The largest absolute Gasteiger partial charge is 0.492 e. The molecule has 0 aromatic heterocycles. The molecule has 2 rings (SSSR count). The van der Waals surface area contributed by atoms with Gasteiger partial charge in [0.05, 0.1) is 0 Å². The van der Waals surface area contributed by atoms with Crippen LogP contribution in [0.3, 0.4) is 0 Å². The van der Waals surface area contributed by atoms with Gasteiger partial charge in [0.25, 0.3) is 0 Å². The molecule has 0 aliphatic heterocycles. The van der Waals surface area contributed by atoms with Gasteiger partial charge in [-0.3, -0.25) is 4.99 Å². The van der Waals surface area contributed by atoms with Gasteiger partial charge in [0, 0.05) is 31.7 Å². The molecule has 0 unspecified atom stereocenters. The summed E-state index contributed by atoms with van der Waals surface area (Å²) in [7, 11) is 1.83. The van der Waals surface area contributed by atoms with E-state index in [1.54, 1.807) is 0 Å². The van der Waals surface area contributed by atoms with Gasteiger partial charge in [0.2, 0.25) is 0 Å². The molecular formula is C20H34N4O. The maximum absolute atomic E-state index is 6.03. The second-order valence-corrected chi connectivity index (χ2v) is 6.53. The molecule has 1 aromatic carbocycles. The zero-order valence-corrected chi connectivity index (χ0v) is 16.1. The van der Waals surface area contributed by atoms with Crippen LogP contribution in [0.4, 0.5) is 0 Å². The first-order valence-corrected chi connectivity index (χ1v) is 9.67. The van der Waals surface area contributed by atoms with Crippen LogP contribution in [0.1, 0.15) is 45.1 Å². The Labute approximate surface area is 152 Å². The third kappa shape index (κ3) is 6.58. The van der Waals surface area contributed by atoms with Crippen molar-refractivity contribution in [3.8, 4) is 5.75 Å². The molecule has 0 heterocycles. The number of aliphatic imine (C=N–C) groups is 1. The van der Waals surface area contributed by atoms with Crippen LogP contribution in [0.5, 0.6) is 5.75 Å². The van der Waals surface area contributed by atoms with Crippen LogP contribution in [0.25, 0.3) is 0 Å². The predicted molar refractivity (Wildman–Crippen MR) is 105 cm³/mol. The Bertz CT molecular complexity index is 522. The first-order chi connectivity index (χ1) is 12.3. The van der Waals surface area contributed by atoms with E-state index in [1.165, 1.54) is 25.7 Å². The minimum atomic E-state index is 0.562. The van der Waals surface area contributed by atoms with E-state index in [9.17, 15) is 0 Å². The molecule has 1 aliphatic rings. The smallest absolute Gasteiger partial charge is 0.191 e. The first-order valence-electron chi connectivity index (χ1n) is 9.67. The van der Waals surface area contributed by atoms with Crippen LogP contribution in [-0.4, -0.2) is 50.2 Å².